The molecule has 0 saturated carbocycles. The van der Waals surface area contributed by atoms with Gasteiger partial charge in [-0.05, 0) is 23.3 Å². The number of anilines is 1. The Bertz CT molecular complexity index is 1550. The van der Waals surface area contributed by atoms with E-state index in [1.165, 1.54) is 12.1 Å². The molecule has 3 heterocycles. The van der Waals surface area contributed by atoms with Gasteiger partial charge in [-0.25, -0.2) is 22.0 Å². The first-order valence-corrected chi connectivity index (χ1v) is 15.0. The molecule has 0 bridgehead atoms. The molecule has 3 saturated heterocycles. The molecule has 3 aliphatic heterocycles. The lowest BCUT2D eigenvalue weighted by Gasteiger charge is -2.44. The van der Waals surface area contributed by atoms with Crippen molar-refractivity contribution in [1.82, 2.24) is 4.90 Å². The number of hydrogen-bond acceptors (Lipinski definition) is 7. The summed E-state index contributed by atoms with van der Waals surface area (Å²) in [4.78, 5) is 15.0. The highest BCUT2D eigenvalue weighted by atomic mass is 19.2. The van der Waals surface area contributed by atoms with Gasteiger partial charge in [0, 0.05) is 49.6 Å². The molecule has 3 aliphatic rings. The molecule has 3 aromatic rings. The lowest BCUT2D eigenvalue weighted by Crippen LogP contribution is -2.50. The van der Waals surface area contributed by atoms with Crippen LogP contribution in [0.15, 0.2) is 48.5 Å². The first kappa shape index (κ1) is 32.5. The lowest BCUT2D eigenvalue weighted by molar-refractivity contribution is -0.278. The van der Waals surface area contributed by atoms with Gasteiger partial charge in [-0.1, -0.05) is 43.3 Å². The Balaban J connectivity index is 1.24. The third-order valence-corrected chi connectivity index (χ3v) is 8.85. The monoisotopic (exact) mass is 648 g/mol. The van der Waals surface area contributed by atoms with Gasteiger partial charge in [-0.15, -0.1) is 0 Å². The Labute approximate surface area is 262 Å². The van der Waals surface area contributed by atoms with Gasteiger partial charge >= 0.3 is 0 Å². The predicted octanol–water partition coefficient (Wildman–Crippen LogP) is 5.76. The Morgan fingerprint density at radius 3 is 2.15 bits per heavy atom. The fourth-order valence-corrected chi connectivity index (χ4v) is 6.21. The van der Waals surface area contributed by atoms with E-state index < -0.39 is 58.7 Å². The Kier molecular flexibility index (Phi) is 9.42. The molecule has 0 aromatic heterocycles. The average Bonchev–Trinajstić information content (AvgIpc) is 3.53. The molecule has 1 spiro atoms. The number of carbonyl (C=O) groups is 1. The zero-order valence-electron chi connectivity index (χ0n) is 24.9. The number of amides is 1. The molecule has 3 aromatic carbocycles. The number of nitrogens with one attached hydrogen (secondary N) is 1. The highest BCUT2D eigenvalue weighted by molar-refractivity contribution is 6.04. The third kappa shape index (κ3) is 6.40. The van der Waals surface area contributed by atoms with E-state index >= 15 is 0 Å². The minimum atomic E-state index is -2.35. The number of piperidine rings is 1. The van der Waals surface area contributed by atoms with Crippen molar-refractivity contribution in [3.63, 3.8) is 0 Å². The molecule has 0 radical (unpaired) electrons. The summed E-state index contributed by atoms with van der Waals surface area (Å²) in [6.07, 6.45) is -0.226. The Morgan fingerprint density at radius 1 is 0.891 bits per heavy atom. The van der Waals surface area contributed by atoms with Crippen LogP contribution in [0.5, 0.6) is 0 Å². The summed E-state index contributed by atoms with van der Waals surface area (Å²) in [6, 6.07) is 13.5. The summed E-state index contributed by atoms with van der Waals surface area (Å²) in [7, 11) is 0. The van der Waals surface area contributed by atoms with Crippen molar-refractivity contribution in [3.8, 4) is 0 Å². The number of hydrogen-bond donors (Lipinski definition) is 2. The van der Waals surface area contributed by atoms with Crippen LogP contribution in [-0.4, -0.2) is 60.7 Å². The van der Waals surface area contributed by atoms with Gasteiger partial charge in [-0.3, -0.25) is 4.79 Å². The quantitative estimate of drug-likeness (QED) is 0.192. The van der Waals surface area contributed by atoms with Gasteiger partial charge < -0.3 is 34.3 Å². The van der Waals surface area contributed by atoms with E-state index in [2.05, 4.69) is 10.2 Å². The molecule has 2 N–H and O–H groups in total. The minimum Gasteiger partial charge on any atom is -0.392 e. The molecule has 13 heteroatoms. The number of likely N-dealkylation sites (tertiary alicyclic amines) is 1. The van der Waals surface area contributed by atoms with E-state index in [9.17, 15) is 31.9 Å². The second-order valence-electron chi connectivity index (χ2n) is 11.8. The van der Waals surface area contributed by atoms with Crippen LogP contribution in [0, 0.1) is 35.0 Å². The minimum absolute atomic E-state index is 0.0237. The van der Waals surface area contributed by atoms with Crippen LogP contribution in [0.25, 0.3) is 0 Å². The molecule has 8 nitrogen and oxygen atoms in total. The summed E-state index contributed by atoms with van der Waals surface area (Å²) in [5, 5.41) is 11.7. The number of rotatable bonds is 7. The number of aliphatic hydroxyl groups excluding tert-OH is 1. The first-order valence-electron chi connectivity index (χ1n) is 15.0. The van der Waals surface area contributed by atoms with E-state index in [1.54, 1.807) is 12.1 Å². The van der Waals surface area contributed by atoms with E-state index in [0.717, 1.165) is 37.1 Å². The number of carbonyl (C=O) groups excluding carboxylic acids is 1. The number of aliphatic hydroxyl groups is 1. The number of nitrogens with zero attached hydrogens (tertiary/aromatic N) is 1. The van der Waals surface area contributed by atoms with E-state index in [1.807, 2.05) is 31.2 Å². The molecule has 46 heavy (non-hydrogen) atoms. The van der Waals surface area contributed by atoms with Crippen LogP contribution < -0.4 is 5.32 Å². The van der Waals surface area contributed by atoms with Crippen molar-refractivity contribution in [3.05, 3.63) is 99.9 Å². The van der Waals surface area contributed by atoms with Gasteiger partial charge in [0.15, 0.2) is 35.3 Å². The van der Waals surface area contributed by atoms with E-state index in [4.69, 9.17) is 18.9 Å². The standard InChI is InChI=1S/C33H33F5N2O6/c1-18-23(16-40-11-9-33(10-12-40)43-13-14-44-33)45-32(46-30(18)20-7-5-19(17-41)6-8-20)21-3-2-4-22(15-21)39-31(42)24-25(34)27(36)29(38)28(37)26(24)35/h2-8,15,18,23,30,32,41H,9-14,16-17H2,1H3,(H,39,42)/t18-,23+,30+,32+/m1/s1. The van der Waals surface area contributed by atoms with Crippen molar-refractivity contribution in [1.29, 1.82) is 0 Å². The molecule has 0 unspecified atom stereocenters. The molecule has 6 rings (SSSR count). The van der Waals surface area contributed by atoms with Crippen LogP contribution in [0.2, 0.25) is 0 Å². The van der Waals surface area contributed by atoms with Crippen molar-refractivity contribution in [2.24, 2.45) is 5.92 Å². The van der Waals surface area contributed by atoms with Gasteiger partial charge in [0.2, 0.25) is 5.82 Å². The van der Waals surface area contributed by atoms with Crippen LogP contribution in [-0.2, 0) is 25.6 Å². The maximum Gasteiger partial charge on any atom is 0.261 e. The zero-order valence-corrected chi connectivity index (χ0v) is 24.9. The number of benzene rings is 3. The first-order chi connectivity index (χ1) is 22.1. The molecule has 1 amide bonds. The Morgan fingerprint density at radius 2 is 1.52 bits per heavy atom. The highest BCUT2D eigenvalue weighted by Crippen LogP contribution is 2.43. The van der Waals surface area contributed by atoms with Crippen molar-refractivity contribution in [2.75, 3.05) is 38.2 Å². The number of ether oxygens (including phenoxy) is 4. The smallest absolute Gasteiger partial charge is 0.261 e. The second kappa shape index (κ2) is 13.3. The SMILES string of the molecule is C[C@@H]1[C@H](CN2CCC3(CC2)OCCO3)O[C@H](c2cccc(NC(=O)c3c(F)c(F)c(F)c(F)c3F)c2)O[C@@H]1c1ccc(CO)cc1. The van der Waals surface area contributed by atoms with Crippen LogP contribution in [0.4, 0.5) is 27.6 Å². The van der Waals surface area contributed by atoms with E-state index in [-0.39, 0.29) is 24.3 Å². The summed E-state index contributed by atoms with van der Waals surface area (Å²) >= 11 is 0. The van der Waals surface area contributed by atoms with Gasteiger partial charge in [0.1, 0.15) is 5.56 Å². The average molecular weight is 649 g/mol. The molecular weight excluding hydrogens is 615 g/mol. The van der Waals surface area contributed by atoms with Gasteiger partial charge in [-0.2, -0.15) is 0 Å². The fourth-order valence-electron chi connectivity index (χ4n) is 6.21. The molecule has 3 fully saturated rings. The Hall–Kier alpha value is -3.46. The maximum absolute atomic E-state index is 14.3. The van der Waals surface area contributed by atoms with E-state index in [0.29, 0.717) is 25.3 Å². The van der Waals surface area contributed by atoms with Gasteiger partial charge in [0.25, 0.3) is 5.91 Å². The number of halogens is 5. The second-order valence-corrected chi connectivity index (χ2v) is 11.8. The summed E-state index contributed by atoms with van der Waals surface area (Å²) in [5.41, 5.74) is 0.491. The topological polar surface area (TPSA) is 89.5 Å². The van der Waals surface area contributed by atoms with Gasteiger partial charge in [0.05, 0.1) is 32.0 Å². The van der Waals surface area contributed by atoms with Crippen molar-refractivity contribution >= 4 is 11.6 Å². The molecule has 246 valence electrons. The van der Waals surface area contributed by atoms with Crippen molar-refractivity contribution < 1.29 is 50.8 Å². The normalized spacial score (nSPS) is 24.8. The highest BCUT2D eigenvalue weighted by Gasteiger charge is 2.43. The summed E-state index contributed by atoms with van der Waals surface area (Å²) in [5.74, 6) is -13.4. The van der Waals surface area contributed by atoms with Crippen LogP contribution >= 0.6 is 0 Å². The molecule has 0 aliphatic carbocycles. The van der Waals surface area contributed by atoms with Crippen LogP contribution in [0.1, 0.15) is 59.2 Å². The third-order valence-electron chi connectivity index (χ3n) is 8.85. The molecular formula is C33H33F5N2O6. The summed E-state index contributed by atoms with van der Waals surface area (Å²) in [6.45, 7) is 5.16. The fraction of sp³-hybridized carbons (Fsp3) is 0.424. The van der Waals surface area contributed by atoms with Crippen LogP contribution in [0.3, 0.4) is 0 Å². The summed E-state index contributed by atoms with van der Waals surface area (Å²) < 4.78 is 94.2. The van der Waals surface area contributed by atoms with Crippen molar-refractivity contribution in [2.45, 2.75) is 50.7 Å². The molecule has 4 atom stereocenters. The zero-order chi connectivity index (χ0) is 32.6. The maximum atomic E-state index is 14.3. The predicted molar refractivity (Wildman–Crippen MR) is 154 cm³/mol. The largest absolute Gasteiger partial charge is 0.392 e. The lowest BCUT2D eigenvalue weighted by atomic mass is 9.89.